The Balaban J connectivity index is 1.62. The van der Waals surface area contributed by atoms with E-state index in [0.29, 0.717) is 35.6 Å². The number of carbonyl (C=O) groups is 1. The van der Waals surface area contributed by atoms with Gasteiger partial charge in [0.05, 0.1) is 18.9 Å². The number of hydrogen-bond donors (Lipinski definition) is 2. The summed E-state index contributed by atoms with van der Waals surface area (Å²) < 4.78 is 18.3. The first-order valence-electron chi connectivity index (χ1n) is 8.28. The van der Waals surface area contributed by atoms with Crippen molar-refractivity contribution in [1.82, 2.24) is 15.2 Å². The summed E-state index contributed by atoms with van der Waals surface area (Å²) in [6.07, 6.45) is 2.00. The van der Waals surface area contributed by atoms with Crippen LogP contribution in [0.3, 0.4) is 0 Å². The largest absolute Gasteiger partial charge is 0.465 e. The molecule has 0 aliphatic rings. The summed E-state index contributed by atoms with van der Waals surface area (Å²) in [4.78, 5) is 15.9. The van der Waals surface area contributed by atoms with Crippen molar-refractivity contribution in [3.8, 4) is 0 Å². The van der Waals surface area contributed by atoms with Gasteiger partial charge in [-0.2, -0.15) is 10.1 Å². The van der Waals surface area contributed by atoms with Gasteiger partial charge < -0.3 is 15.4 Å². The molecule has 8 heteroatoms. The van der Waals surface area contributed by atoms with Gasteiger partial charge in [0.15, 0.2) is 5.82 Å². The van der Waals surface area contributed by atoms with E-state index in [1.54, 1.807) is 42.5 Å². The van der Waals surface area contributed by atoms with Crippen molar-refractivity contribution in [2.75, 3.05) is 24.3 Å². The summed E-state index contributed by atoms with van der Waals surface area (Å²) in [6, 6.07) is 13.4. The summed E-state index contributed by atoms with van der Waals surface area (Å²) in [5.41, 5.74) is 1.67. The third-order valence-electron chi connectivity index (χ3n) is 3.76. The molecule has 1 heterocycles. The molecule has 0 radical (unpaired) electrons. The highest BCUT2D eigenvalue weighted by molar-refractivity contribution is 5.90. The molecule has 27 heavy (non-hydrogen) atoms. The average molecular weight is 367 g/mol. The number of anilines is 3. The van der Waals surface area contributed by atoms with Crippen LogP contribution in [0.25, 0.3) is 0 Å². The Morgan fingerprint density at radius 2 is 2.04 bits per heavy atom. The fourth-order valence-corrected chi connectivity index (χ4v) is 2.44. The second-order valence-electron chi connectivity index (χ2n) is 5.63. The molecule has 2 aromatic carbocycles. The van der Waals surface area contributed by atoms with Crippen LogP contribution in [0.2, 0.25) is 0 Å². The van der Waals surface area contributed by atoms with Gasteiger partial charge in [0.25, 0.3) is 0 Å². The fraction of sp³-hybridized carbons (Fsp3) is 0.158. The minimum absolute atomic E-state index is 0.229. The molecule has 0 unspecified atom stereocenters. The molecule has 3 rings (SSSR count). The van der Waals surface area contributed by atoms with Crippen LogP contribution in [-0.4, -0.2) is 34.8 Å². The van der Waals surface area contributed by atoms with Crippen molar-refractivity contribution < 1.29 is 13.9 Å². The molecular weight excluding hydrogens is 349 g/mol. The van der Waals surface area contributed by atoms with Gasteiger partial charge in [-0.15, -0.1) is 5.10 Å². The van der Waals surface area contributed by atoms with Crippen LogP contribution in [0, 0.1) is 5.82 Å². The Kier molecular flexibility index (Phi) is 5.88. The number of methoxy groups -OCH3 is 1. The van der Waals surface area contributed by atoms with Crippen LogP contribution < -0.4 is 10.6 Å². The molecule has 0 aliphatic carbocycles. The summed E-state index contributed by atoms with van der Waals surface area (Å²) in [7, 11) is 1.33. The zero-order valence-corrected chi connectivity index (χ0v) is 14.6. The van der Waals surface area contributed by atoms with Crippen LogP contribution in [-0.2, 0) is 11.2 Å². The summed E-state index contributed by atoms with van der Waals surface area (Å²) in [6.45, 7) is 0.497. The lowest BCUT2D eigenvalue weighted by molar-refractivity contribution is 0.0601. The SMILES string of the molecule is COC(=O)c1cccc(Nc2nncc(NCCc3ccccc3F)n2)c1. The van der Waals surface area contributed by atoms with E-state index >= 15 is 0 Å². The Morgan fingerprint density at radius 1 is 1.19 bits per heavy atom. The van der Waals surface area contributed by atoms with Gasteiger partial charge in [0.1, 0.15) is 5.82 Å². The Labute approximate surface area is 155 Å². The minimum Gasteiger partial charge on any atom is -0.465 e. The molecule has 0 amide bonds. The average Bonchev–Trinajstić information content (AvgIpc) is 2.69. The summed E-state index contributed by atoms with van der Waals surface area (Å²) >= 11 is 0. The number of nitrogens with one attached hydrogen (secondary N) is 2. The van der Waals surface area contributed by atoms with Crippen LogP contribution >= 0.6 is 0 Å². The smallest absolute Gasteiger partial charge is 0.337 e. The van der Waals surface area contributed by atoms with Crippen molar-refractivity contribution in [2.45, 2.75) is 6.42 Å². The maximum atomic E-state index is 13.6. The molecule has 7 nitrogen and oxygen atoms in total. The van der Waals surface area contributed by atoms with E-state index in [1.165, 1.54) is 19.4 Å². The van der Waals surface area contributed by atoms with Crippen molar-refractivity contribution in [1.29, 1.82) is 0 Å². The number of esters is 1. The maximum Gasteiger partial charge on any atom is 0.337 e. The monoisotopic (exact) mass is 367 g/mol. The van der Waals surface area contributed by atoms with E-state index in [2.05, 4.69) is 25.8 Å². The zero-order chi connectivity index (χ0) is 19.1. The van der Waals surface area contributed by atoms with Gasteiger partial charge in [0.2, 0.25) is 5.95 Å². The molecule has 0 saturated heterocycles. The lowest BCUT2D eigenvalue weighted by atomic mass is 10.1. The highest BCUT2D eigenvalue weighted by Crippen LogP contribution is 2.16. The summed E-state index contributed by atoms with van der Waals surface area (Å²) in [5, 5.41) is 13.9. The molecule has 1 aromatic heterocycles. The predicted molar refractivity (Wildman–Crippen MR) is 99.5 cm³/mol. The highest BCUT2D eigenvalue weighted by atomic mass is 19.1. The number of aromatic nitrogens is 3. The topological polar surface area (TPSA) is 89.0 Å². The Hall–Kier alpha value is -3.55. The fourth-order valence-electron chi connectivity index (χ4n) is 2.44. The molecule has 0 atom stereocenters. The normalized spacial score (nSPS) is 10.3. The maximum absolute atomic E-state index is 13.6. The van der Waals surface area contributed by atoms with Crippen molar-refractivity contribution >= 4 is 23.4 Å². The van der Waals surface area contributed by atoms with Gasteiger partial charge in [-0.3, -0.25) is 0 Å². The van der Waals surface area contributed by atoms with Gasteiger partial charge in [-0.05, 0) is 36.2 Å². The molecule has 3 aromatic rings. The number of hydrogen-bond acceptors (Lipinski definition) is 7. The van der Waals surface area contributed by atoms with E-state index in [0.717, 1.165) is 0 Å². The number of halogens is 1. The Morgan fingerprint density at radius 3 is 2.85 bits per heavy atom. The number of rotatable bonds is 7. The first-order valence-corrected chi connectivity index (χ1v) is 8.28. The molecule has 0 aliphatic heterocycles. The quantitative estimate of drug-likeness (QED) is 0.620. The lowest BCUT2D eigenvalue weighted by Crippen LogP contribution is -2.09. The second-order valence-corrected chi connectivity index (χ2v) is 5.63. The van der Waals surface area contributed by atoms with Crippen LogP contribution in [0.1, 0.15) is 15.9 Å². The van der Waals surface area contributed by atoms with Crippen LogP contribution in [0.4, 0.5) is 21.8 Å². The van der Waals surface area contributed by atoms with Gasteiger partial charge in [-0.25, -0.2) is 9.18 Å². The molecular formula is C19H18FN5O2. The molecule has 0 fully saturated rings. The van der Waals surface area contributed by atoms with E-state index < -0.39 is 5.97 Å². The predicted octanol–water partition coefficient (Wildman–Crippen LogP) is 3.20. The molecule has 0 saturated carbocycles. The number of benzene rings is 2. The van der Waals surface area contributed by atoms with Crippen molar-refractivity contribution in [3.63, 3.8) is 0 Å². The lowest BCUT2D eigenvalue weighted by Gasteiger charge is -2.09. The highest BCUT2D eigenvalue weighted by Gasteiger charge is 2.07. The molecule has 0 spiro atoms. The van der Waals surface area contributed by atoms with Gasteiger partial charge in [0, 0.05) is 12.2 Å². The van der Waals surface area contributed by atoms with E-state index in [1.807, 2.05) is 0 Å². The first kappa shape index (κ1) is 18.2. The summed E-state index contributed by atoms with van der Waals surface area (Å²) in [5.74, 6) is 0.120. The van der Waals surface area contributed by atoms with Crippen molar-refractivity contribution in [3.05, 3.63) is 71.7 Å². The molecule has 0 bridgehead atoms. The van der Waals surface area contributed by atoms with Crippen LogP contribution in [0.15, 0.2) is 54.7 Å². The first-order chi connectivity index (χ1) is 13.2. The number of ether oxygens (including phenoxy) is 1. The van der Waals surface area contributed by atoms with Crippen molar-refractivity contribution in [2.24, 2.45) is 0 Å². The molecule has 138 valence electrons. The van der Waals surface area contributed by atoms with E-state index in [4.69, 9.17) is 4.74 Å². The third-order valence-corrected chi connectivity index (χ3v) is 3.76. The third kappa shape index (κ3) is 4.97. The van der Waals surface area contributed by atoms with Gasteiger partial charge in [-0.1, -0.05) is 24.3 Å². The van der Waals surface area contributed by atoms with E-state index in [9.17, 15) is 9.18 Å². The Bertz CT molecular complexity index is 935. The minimum atomic E-state index is -0.429. The second kappa shape index (κ2) is 8.70. The number of nitrogens with zero attached hydrogens (tertiary/aromatic N) is 3. The van der Waals surface area contributed by atoms with E-state index in [-0.39, 0.29) is 11.8 Å². The van der Waals surface area contributed by atoms with Gasteiger partial charge >= 0.3 is 5.97 Å². The number of carbonyl (C=O) groups excluding carboxylic acids is 1. The molecule has 2 N–H and O–H groups in total. The zero-order valence-electron chi connectivity index (χ0n) is 14.6. The standard InChI is InChI=1S/C19H18FN5O2/c1-27-18(26)14-6-4-7-15(11-14)23-19-24-17(12-22-25-19)21-10-9-13-5-2-3-8-16(13)20/h2-8,11-12H,9-10H2,1H3,(H2,21,23,24,25). The van der Waals surface area contributed by atoms with Crippen LogP contribution in [0.5, 0.6) is 0 Å².